The van der Waals surface area contributed by atoms with Crippen LogP contribution in [0.3, 0.4) is 0 Å². The molecule has 62 heavy (non-hydrogen) atoms. The Labute approximate surface area is 363 Å². The highest BCUT2D eigenvalue weighted by atomic mass is 32.1. The molecule has 2 aliphatic rings. The van der Waals surface area contributed by atoms with Gasteiger partial charge in [-0.2, -0.15) is 10.2 Å². The Morgan fingerprint density at radius 2 is 1.31 bits per heavy atom. The molecule has 1 amide bonds. The maximum atomic E-state index is 13.1. The van der Waals surface area contributed by atoms with Gasteiger partial charge in [-0.15, -0.1) is 22.7 Å². The first-order valence-electron chi connectivity index (χ1n) is 20.3. The zero-order valence-electron chi connectivity index (χ0n) is 34.6. The van der Waals surface area contributed by atoms with Gasteiger partial charge in [-0.25, -0.2) is 29.0 Å². The lowest BCUT2D eigenvalue weighted by atomic mass is 9.87. The van der Waals surface area contributed by atoms with Gasteiger partial charge in [-0.1, -0.05) is 0 Å². The minimum atomic E-state index is -0.730. The van der Waals surface area contributed by atoms with Crippen molar-refractivity contribution in [3.8, 4) is 11.5 Å². The van der Waals surface area contributed by atoms with Crippen LogP contribution in [0.5, 0.6) is 11.5 Å². The molecule has 0 aromatic carbocycles. The summed E-state index contributed by atoms with van der Waals surface area (Å²) in [6.45, 7) is 3.90. The number of carboxylic acids is 1. The van der Waals surface area contributed by atoms with E-state index in [0.717, 1.165) is 78.4 Å². The maximum absolute atomic E-state index is 13.1. The molecule has 19 heteroatoms. The second kappa shape index (κ2) is 17.5. The number of thiophene rings is 2. The van der Waals surface area contributed by atoms with Gasteiger partial charge in [0.15, 0.2) is 11.5 Å². The summed E-state index contributed by atoms with van der Waals surface area (Å²) in [4.78, 5) is 48.6. The summed E-state index contributed by atoms with van der Waals surface area (Å²) in [5, 5.41) is 26.7. The fraction of sp³-hybridized carbons (Fsp3) is 0.349. The SMILES string of the molecule is CCN(CCOC)C(=O)[C@H]1CCc2c(sc3ncnc(Nc4cc5ccnn5cc4OC)c23)C1.COc1cn2nccc2cc1Nc1ncnc2sc3c(c12)CC[C@H](C(=O)O)C3. The standard InChI is InChI=1S/C24H28N6O3S.C19H17N5O3S/c1-4-29(9-10-32-2)24(31)15-5-6-17-20(11-15)34-23-21(17)22(25-14-26-23)28-18-12-16-7-8-27-30(16)13-19(18)33-3;1-27-14-8-24-11(4-5-22-24)7-13(14)23-17-16-12-3-2-10(19(25)26)6-15(12)28-18(16)21-9-20-17/h7-8,12-15H,4-6,9-11H2,1-3H3,(H,25,26,28);4-5,7-10H,2-3,6H2,1H3,(H,25,26)(H,20,21,23)/t15-;10-/m00/s1. The third-order valence-corrected chi connectivity index (χ3v) is 13.9. The van der Waals surface area contributed by atoms with Crippen molar-refractivity contribution < 1.29 is 28.9 Å². The molecule has 0 bridgehead atoms. The molecular weight excluding hydrogens is 831 g/mol. The molecule has 0 radical (unpaired) electrons. The fourth-order valence-corrected chi connectivity index (χ4v) is 10.9. The summed E-state index contributed by atoms with van der Waals surface area (Å²) < 4.78 is 19.8. The number of carboxylic acid groups (broad SMARTS) is 1. The van der Waals surface area contributed by atoms with Crippen LogP contribution in [0.1, 0.15) is 40.6 Å². The number of aromatic nitrogens is 8. The molecule has 17 nitrogen and oxygen atoms in total. The Kier molecular flexibility index (Phi) is 11.6. The number of pyridine rings is 2. The Bertz CT molecular complexity index is 2940. The first-order chi connectivity index (χ1) is 30.3. The van der Waals surface area contributed by atoms with Gasteiger partial charge in [0, 0.05) is 48.3 Å². The summed E-state index contributed by atoms with van der Waals surface area (Å²) in [7, 11) is 4.92. The predicted molar refractivity (Wildman–Crippen MR) is 238 cm³/mol. The molecule has 2 aliphatic carbocycles. The average molecular weight is 876 g/mol. The quantitative estimate of drug-likeness (QED) is 0.114. The normalized spacial score (nSPS) is 15.8. The second-order valence-corrected chi connectivity index (χ2v) is 17.3. The molecule has 2 atom stereocenters. The summed E-state index contributed by atoms with van der Waals surface area (Å²) in [6.07, 6.45) is 14.6. The third-order valence-electron chi connectivity index (χ3n) is 11.6. The topological polar surface area (TPSA) is 196 Å². The highest BCUT2D eigenvalue weighted by molar-refractivity contribution is 7.19. The molecule has 320 valence electrons. The van der Waals surface area contributed by atoms with Gasteiger partial charge >= 0.3 is 5.97 Å². The number of hydrogen-bond donors (Lipinski definition) is 3. The number of aliphatic carboxylic acids is 1. The van der Waals surface area contributed by atoms with Crippen molar-refractivity contribution >= 4 is 89.0 Å². The number of anilines is 4. The first-order valence-corrected chi connectivity index (χ1v) is 22.0. The number of rotatable bonds is 12. The van der Waals surface area contributed by atoms with Crippen molar-refractivity contribution in [2.45, 2.75) is 45.4 Å². The number of aryl methyl sites for hydroxylation is 2. The lowest BCUT2D eigenvalue weighted by molar-refractivity contribution is -0.142. The van der Waals surface area contributed by atoms with E-state index in [1.54, 1.807) is 71.8 Å². The molecule has 3 N–H and O–H groups in total. The van der Waals surface area contributed by atoms with Gasteiger partial charge in [-0.05, 0) is 80.8 Å². The predicted octanol–water partition coefficient (Wildman–Crippen LogP) is 6.97. The first kappa shape index (κ1) is 40.9. The van der Waals surface area contributed by atoms with Gasteiger partial charge < -0.3 is 34.9 Å². The van der Waals surface area contributed by atoms with Gasteiger partial charge in [0.25, 0.3) is 0 Å². The molecule has 0 aliphatic heterocycles. The second-order valence-electron chi connectivity index (χ2n) is 15.1. The summed E-state index contributed by atoms with van der Waals surface area (Å²) in [6, 6.07) is 7.81. The summed E-state index contributed by atoms with van der Waals surface area (Å²) in [5.74, 6) is 1.94. The molecule has 8 heterocycles. The number of carbonyl (C=O) groups excluding carboxylic acids is 1. The molecule has 0 saturated carbocycles. The number of nitrogens with zero attached hydrogens (tertiary/aromatic N) is 9. The lowest BCUT2D eigenvalue weighted by Gasteiger charge is -2.28. The van der Waals surface area contributed by atoms with Crippen LogP contribution in [0.2, 0.25) is 0 Å². The maximum Gasteiger partial charge on any atom is 0.306 e. The zero-order valence-corrected chi connectivity index (χ0v) is 36.3. The van der Waals surface area contributed by atoms with Crippen LogP contribution in [0, 0.1) is 11.8 Å². The van der Waals surface area contributed by atoms with Gasteiger partial charge in [0.1, 0.15) is 34.0 Å². The van der Waals surface area contributed by atoms with E-state index in [1.807, 2.05) is 48.5 Å². The molecular formula is C43H45N11O6S2. The largest absolute Gasteiger partial charge is 0.493 e. The lowest BCUT2D eigenvalue weighted by Crippen LogP contribution is -2.39. The highest BCUT2D eigenvalue weighted by Crippen LogP contribution is 2.43. The number of carbonyl (C=O) groups is 2. The van der Waals surface area contributed by atoms with E-state index in [4.69, 9.17) is 14.2 Å². The van der Waals surface area contributed by atoms with Crippen LogP contribution < -0.4 is 20.1 Å². The van der Waals surface area contributed by atoms with Crippen molar-refractivity contribution in [3.63, 3.8) is 0 Å². The van der Waals surface area contributed by atoms with E-state index < -0.39 is 5.97 Å². The van der Waals surface area contributed by atoms with Gasteiger partial charge in [0.2, 0.25) is 5.91 Å². The van der Waals surface area contributed by atoms with E-state index in [9.17, 15) is 14.7 Å². The third kappa shape index (κ3) is 7.82. The Morgan fingerprint density at radius 3 is 1.79 bits per heavy atom. The minimum Gasteiger partial charge on any atom is -0.493 e. The molecule has 10 rings (SSSR count). The van der Waals surface area contributed by atoms with Crippen LogP contribution in [0.25, 0.3) is 31.5 Å². The Hall–Kier alpha value is -6.44. The minimum absolute atomic E-state index is 0.00824. The number of likely N-dealkylation sites (N-methyl/N-ethyl adjacent to an activating group) is 1. The van der Waals surface area contributed by atoms with Crippen LogP contribution in [-0.4, -0.2) is 102 Å². The summed E-state index contributed by atoms with van der Waals surface area (Å²) >= 11 is 3.22. The molecule has 0 saturated heterocycles. The number of methoxy groups -OCH3 is 3. The zero-order chi connectivity index (χ0) is 42.9. The molecule has 0 spiro atoms. The number of ether oxygens (including phenoxy) is 3. The van der Waals surface area contributed by atoms with E-state index in [0.29, 0.717) is 56.3 Å². The number of nitrogens with one attached hydrogen (secondary N) is 2. The van der Waals surface area contributed by atoms with Crippen molar-refractivity contribution in [3.05, 3.63) is 82.6 Å². The van der Waals surface area contributed by atoms with Gasteiger partial charge in [0.05, 0.1) is 72.3 Å². The molecule has 0 unspecified atom stereocenters. The van der Waals surface area contributed by atoms with Gasteiger partial charge in [-0.3, -0.25) is 9.59 Å². The Morgan fingerprint density at radius 1 is 0.790 bits per heavy atom. The van der Waals surface area contributed by atoms with Crippen LogP contribution >= 0.6 is 22.7 Å². The van der Waals surface area contributed by atoms with Crippen LogP contribution in [0.15, 0.2) is 61.7 Å². The molecule has 0 fully saturated rings. The molecule has 8 aromatic heterocycles. The van der Waals surface area contributed by atoms with Crippen LogP contribution in [-0.2, 0) is 40.0 Å². The number of amides is 1. The van der Waals surface area contributed by atoms with E-state index >= 15 is 0 Å². The summed E-state index contributed by atoms with van der Waals surface area (Å²) in [5.41, 5.74) is 5.90. The van der Waals surface area contributed by atoms with E-state index in [2.05, 4.69) is 40.8 Å². The van der Waals surface area contributed by atoms with Crippen molar-refractivity contribution in [2.24, 2.45) is 11.8 Å². The van der Waals surface area contributed by atoms with Crippen molar-refractivity contribution in [1.29, 1.82) is 0 Å². The average Bonchev–Trinajstić information content (AvgIpc) is 4.10. The molecule has 8 aromatic rings. The van der Waals surface area contributed by atoms with Crippen molar-refractivity contribution in [1.82, 2.24) is 44.1 Å². The number of fused-ring (bicyclic) bond motifs is 8. The van der Waals surface area contributed by atoms with E-state index in [1.165, 1.54) is 16.8 Å². The monoisotopic (exact) mass is 875 g/mol. The van der Waals surface area contributed by atoms with E-state index in [-0.39, 0.29) is 17.7 Å². The van der Waals surface area contributed by atoms with Crippen LogP contribution in [0.4, 0.5) is 23.0 Å². The highest BCUT2D eigenvalue weighted by Gasteiger charge is 2.32. The smallest absolute Gasteiger partial charge is 0.306 e. The fourth-order valence-electron chi connectivity index (χ4n) is 8.38. The van der Waals surface area contributed by atoms with Crippen molar-refractivity contribution in [2.75, 3.05) is 51.7 Å². The Balaban J connectivity index is 0.000000161. The number of hydrogen-bond acceptors (Lipinski definition) is 15.